The van der Waals surface area contributed by atoms with Gasteiger partial charge in [-0.3, -0.25) is 9.78 Å². The normalized spacial score (nSPS) is 21.0. The van der Waals surface area contributed by atoms with Gasteiger partial charge in [-0.2, -0.15) is 0 Å². The summed E-state index contributed by atoms with van der Waals surface area (Å²) in [6.07, 6.45) is 1.95. The molecule has 21 heavy (non-hydrogen) atoms. The van der Waals surface area contributed by atoms with Crippen molar-refractivity contribution in [2.45, 2.75) is 32.0 Å². The van der Waals surface area contributed by atoms with Gasteiger partial charge >= 0.3 is 5.97 Å². The second kappa shape index (κ2) is 7.03. The van der Waals surface area contributed by atoms with Gasteiger partial charge in [-0.1, -0.05) is 0 Å². The number of carboxylic acid groups (broad SMARTS) is 1. The van der Waals surface area contributed by atoms with Crippen molar-refractivity contribution in [3.8, 4) is 0 Å². The SMILES string of the molecule is CCNC(=O)c1cc(NCC2CCC(C(=O)O)O2)ccn1. The van der Waals surface area contributed by atoms with Crippen LogP contribution in [0.2, 0.25) is 0 Å². The number of hydrogen-bond acceptors (Lipinski definition) is 5. The molecule has 0 saturated carbocycles. The lowest BCUT2D eigenvalue weighted by Crippen LogP contribution is -2.25. The van der Waals surface area contributed by atoms with Crippen LogP contribution in [-0.4, -0.2) is 47.3 Å². The van der Waals surface area contributed by atoms with E-state index in [1.165, 1.54) is 0 Å². The van der Waals surface area contributed by atoms with Crippen LogP contribution in [0.25, 0.3) is 0 Å². The second-order valence-electron chi connectivity index (χ2n) is 4.83. The molecule has 1 aliphatic rings. The fraction of sp³-hybridized carbons (Fsp3) is 0.500. The van der Waals surface area contributed by atoms with Crippen molar-refractivity contribution in [3.63, 3.8) is 0 Å². The number of nitrogens with zero attached hydrogens (tertiary/aromatic N) is 1. The molecule has 2 atom stereocenters. The molecule has 3 N–H and O–H groups in total. The van der Waals surface area contributed by atoms with E-state index in [0.29, 0.717) is 31.6 Å². The Morgan fingerprint density at radius 2 is 2.29 bits per heavy atom. The third-order valence-corrected chi connectivity index (χ3v) is 3.25. The van der Waals surface area contributed by atoms with Crippen molar-refractivity contribution in [3.05, 3.63) is 24.0 Å². The zero-order valence-corrected chi connectivity index (χ0v) is 11.8. The monoisotopic (exact) mass is 293 g/mol. The van der Waals surface area contributed by atoms with Gasteiger partial charge in [0.05, 0.1) is 6.10 Å². The Labute approximate surface area is 122 Å². The third-order valence-electron chi connectivity index (χ3n) is 3.25. The minimum absolute atomic E-state index is 0.132. The van der Waals surface area contributed by atoms with Crippen LogP contribution in [0.5, 0.6) is 0 Å². The molecule has 1 saturated heterocycles. The Morgan fingerprint density at radius 3 is 2.95 bits per heavy atom. The number of carboxylic acids is 1. The number of carbonyl (C=O) groups is 2. The van der Waals surface area contributed by atoms with Gasteiger partial charge < -0.3 is 20.5 Å². The number of carbonyl (C=O) groups excluding carboxylic acids is 1. The summed E-state index contributed by atoms with van der Waals surface area (Å²) in [5.41, 5.74) is 1.10. The highest BCUT2D eigenvalue weighted by Crippen LogP contribution is 2.20. The van der Waals surface area contributed by atoms with Crippen molar-refractivity contribution in [2.75, 3.05) is 18.4 Å². The van der Waals surface area contributed by atoms with E-state index in [0.717, 1.165) is 5.69 Å². The molecule has 7 nitrogen and oxygen atoms in total. The molecule has 2 rings (SSSR count). The molecule has 2 unspecified atom stereocenters. The number of rotatable bonds is 6. The molecule has 1 aromatic heterocycles. The van der Waals surface area contributed by atoms with Crippen LogP contribution < -0.4 is 10.6 Å². The van der Waals surface area contributed by atoms with E-state index >= 15 is 0 Å². The van der Waals surface area contributed by atoms with E-state index in [9.17, 15) is 9.59 Å². The highest BCUT2D eigenvalue weighted by atomic mass is 16.5. The number of anilines is 1. The van der Waals surface area contributed by atoms with E-state index in [-0.39, 0.29) is 12.0 Å². The van der Waals surface area contributed by atoms with Crippen molar-refractivity contribution < 1.29 is 19.4 Å². The van der Waals surface area contributed by atoms with Gasteiger partial charge in [0.25, 0.3) is 5.91 Å². The Hall–Kier alpha value is -2.15. The molecule has 2 heterocycles. The van der Waals surface area contributed by atoms with Crippen LogP contribution in [0.15, 0.2) is 18.3 Å². The van der Waals surface area contributed by atoms with Gasteiger partial charge in [0.15, 0.2) is 6.10 Å². The molecular formula is C14H19N3O4. The number of pyridine rings is 1. The largest absolute Gasteiger partial charge is 0.479 e. The van der Waals surface area contributed by atoms with E-state index in [4.69, 9.17) is 9.84 Å². The minimum Gasteiger partial charge on any atom is -0.479 e. The summed E-state index contributed by atoms with van der Waals surface area (Å²) in [6, 6.07) is 3.42. The molecular weight excluding hydrogens is 274 g/mol. The summed E-state index contributed by atoms with van der Waals surface area (Å²) in [4.78, 5) is 26.5. The predicted molar refractivity (Wildman–Crippen MR) is 76.3 cm³/mol. The van der Waals surface area contributed by atoms with Crippen molar-refractivity contribution in [1.29, 1.82) is 0 Å². The Balaban J connectivity index is 1.88. The van der Waals surface area contributed by atoms with Crippen LogP contribution >= 0.6 is 0 Å². The first kappa shape index (κ1) is 15.2. The van der Waals surface area contributed by atoms with Crippen molar-refractivity contribution in [1.82, 2.24) is 10.3 Å². The number of hydrogen-bond donors (Lipinski definition) is 3. The van der Waals surface area contributed by atoms with Crippen LogP contribution in [0.1, 0.15) is 30.3 Å². The average Bonchev–Trinajstić information content (AvgIpc) is 2.95. The third kappa shape index (κ3) is 4.16. The lowest BCUT2D eigenvalue weighted by molar-refractivity contribution is -0.149. The number of aliphatic carboxylic acids is 1. The molecule has 0 aliphatic carbocycles. The summed E-state index contributed by atoms with van der Waals surface area (Å²) in [5, 5.41) is 14.7. The second-order valence-corrected chi connectivity index (χ2v) is 4.83. The summed E-state index contributed by atoms with van der Waals surface area (Å²) in [5.74, 6) is -1.14. The minimum atomic E-state index is -0.917. The zero-order chi connectivity index (χ0) is 15.2. The van der Waals surface area contributed by atoms with Gasteiger partial charge in [-0.15, -0.1) is 0 Å². The highest BCUT2D eigenvalue weighted by Gasteiger charge is 2.30. The first-order valence-corrected chi connectivity index (χ1v) is 6.96. The van der Waals surface area contributed by atoms with E-state index < -0.39 is 12.1 Å². The maximum atomic E-state index is 11.7. The van der Waals surface area contributed by atoms with E-state index in [1.807, 2.05) is 6.92 Å². The van der Waals surface area contributed by atoms with Gasteiger partial charge in [-0.25, -0.2) is 4.79 Å². The Morgan fingerprint density at radius 1 is 1.48 bits per heavy atom. The smallest absolute Gasteiger partial charge is 0.332 e. The van der Waals surface area contributed by atoms with Crippen molar-refractivity contribution in [2.24, 2.45) is 0 Å². The van der Waals surface area contributed by atoms with E-state index in [2.05, 4.69) is 15.6 Å². The lowest BCUT2D eigenvalue weighted by Gasteiger charge is -2.13. The highest BCUT2D eigenvalue weighted by molar-refractivity contribution is 5.93. The molecule has 1 fully saturated rings. The molecule has 0 radical (unpaired) electrons. The van der Waals surface area contributed by atoms with Gasteiger partial charge in [0, 0.05) is 25.0 Å². The molecule has 1 aromatic rings. The summed E-state index contributed by atoms with van der Waals surface area (Å²) >= 11 is 0. The van der Waals surface area contributed by atoms with Gasteiger partial charge in [0.1, 0.15) is 5.69 Å². The van der Waals surface area contributed by atoms with Crippen LogP contribution in [0.4, 0.5) is 5.69 Å². The molecule has 0 bridgehead atoms. The maximum Gasteiger partial charge on any atom is 0.332 e. The first-order chi connectivity index (χ1) is 10.1. The van der Waals surface area contributed by atoms with Crippen LogP contribution in [0, 0.1) is 0 Å². The topological polar surface area (TPSA) is 101 Å². The zero-order valence-electron chi connectivity index (χ0n) is 11.8. The fourth-order valence-electron chi connectivity index (χ4n) is 2.18. The molecule has 0 aromatic carbocycles. The number of aromatic nitrogens is 1. The molecule has 7 heteroatoms. The predicted octanol–water partition coefficient (Wildman–Crippen LogP) is 0.875. The van der Waals surface area contributed by atoms with Crippen LogP contribution in [0.3, 0.4) is 0 Å². The fourth-order valence-corrected chi connectivity index (χ4v) is 2.18. The summed E-state index contributed by atoms with van der Waals surface area (Å²) in [6.45, 7) is 2.89. The average molecular weight is 293 g/mol. The van der Waals surface area contributed by atoms with Crippen LogP contribution in [-0.2, 0) is 9.53 Å². The quantitative estimate of drug-likeness (QED) is 0.719. The maximum absolute atomic E-state index is 11.7. The standard InChI is InChI=1S/C14H19N3O4/c1-2-15-13(18)11-7-9(5-6-16-11)17-8-10-3-4-12(21-10)14(19)20/h5-7,10,12H,2-4,8H2,1H3,(H,15,18)(H,16,17)(H,19,20). The Kier molecular flexibility index (Phi) is 5.10. The molecule has 114 valence electrons. The lowest BCUT2D eigenvalue weighted by atomic mass is 10.2. The van der Waals surface area contributed by atoms with Gasteiger partial charge in [-0.05, 0) is 31.9 Å². The van der Waals surface area contributed by atoms with Crippen molar-refractivity contribution >= 4 is 17.6 Å². The molecule has 0 spiro atoms. The van der Waals surface area contributed by atoms with E-state index in [1.54, 1.807) is 18.3 Å². The summed E-state index contributed by atoms with van der Waals surface area (Å²) in [7, 11) is 0. The number of amides is 1. The Bertz CT molecular complexity index is 521. The molecule has 1 amide bonds. The van der Waals surface area contributed by atoms with Gasteiger partial charge in [0.2, 0.25) is 0 Å². The first-order valence-electron chi connectivity index (χ1n) is 6.96. The molecule has 1 aliphatic heterocycles. The number of nitrogens with one attached hydrogen (secondary N) is 2. The summed E-state index contributed by atoms with van der Waals surface area (Å²) < 4.78 is 5.40. The number of ether oxygens (including phenoxy) is 1.